The van der Waals surface area contributed by atoms with Crippen LogP contribution < -0.4 is 5.73 Å². The van der Waals surface area contributed by atoms with E-state index in [1.165, 1.54) is 0 Å². The Morgan fingerprint density at radius 1 is 1.47 bits per heavy atom. The van der Waals surface area contributed by atoms with Gasteiger partial charge in [0.05, 0.1) is 0 Å². The van der Waals surface area contributed by atoms with Crippen molar-refractivity contribution in [3.63, 3.8) is 0 Å². The molecule has 0 radical (unpaired) electrons. The van der Waals surface area contributed by atoms with E-state index in [0.717, 1.165) is 6.42 Å². The number of rotatable bonds is 5. The zero-order chi connectivity index (χ0) is 14.4. The molecule has 104 valence electrons. The van der Waals surface area contributed by atoms with Crippen molar-refractivity contribution in [3.05, 3.63) is 35.4 Å². The summed E-state index contributed by atoms with van der Waals surface area (Å²) in [6.07, 6.45) is 1.03. The minimum absolute atomic E-state index is 0.000714. The lowest BCUT2D eigenvalue weighted by atomic mass is 10.1. The quantitative estimate of drug-likeness (QED) is 0.368. The largest absolute Gasteiger partial charge is 0.409 e. The molecule has 0 saturated heterocycles. The zero-order valence-corrected chi connectivity index (χ0v) is 11.6. The van der Waals surface area contributed by atoms with E-state index in [1.54, 1.807) is 36.2 Å². The molecular formula is C14H21N3O2. The number of carbonyl (C=O) groups excluding carboxylic acids is 1. The molecule has 19 heavy (non-hydrogen) atoms. The number of amidine groups is 1. The maximum absolute atomic E-state index is 12.2. The highest BCUT2D eigenvalue weighted by atomic mass is 16.4. The lowest BCUT2D eigenvalue weighted by Gasteiger charge is -2.21. The highest BCUT2D eigenvalue weighted by Gasteiger charge is 2.14. The van der Waals surface area contributed by atoms with E-state index in [9.17, 15) is 4.79 Å². The Morgan fingerprint density at radius 3 is 2.68 bits per heavy atom. The van der Waals surface area contributed by atoms with Gasteiger partial charge in [-0.1, -0.05) is 37.6 Å². The van der Waals surface area contributed by atoms with Crippen molar-refractivity contribution in [2.24, 2.45) is 16.8 Å². The summed E-state index contributed by atoms with van der Waals surface area (Å²) < 4.78 is 0. The Labute approximate surface area is 113 Å². The van der Waals surface area contributed by atoms with E-state index in [1.807, 2.05) is 0 Å². The van der Waals surface area contributed by atoms with Gasteiger partial charge in [-0.2, -0.15) is 0 Å². The van der Waals surface area contributed by atoms with Crippen molar-refractivity contribution in [3.8, 4) is 0 Å². The fourth-order valence-electron chi connectivity index (χ4n) is 1.77. The van der Waals surface area contributed by atoms with Gasteiger partial charge in [0.15, 0.2) is 5.84 Å². The molecule has 0 saturated carbocycles. The summed E-state index contributed by atoms with van der Waals surface area (Å²) in [6.45, 7) is 4.92. The predicted octanol–water partition coefficient (Wildman–Crippen LogP) is 1.90. The number of nitrogens with zero attached hydrogens (tertiary/aromatic N) is 2. The Kier molecular flexibility index (Phi) is 5.36. The summed E-state index contributed by atoms with van der Waals surface area (Å²) in [5.74, 6) is 0.397. The summed E-state index contributed by atoms with van der Waals surface area (Å²) in [6, 6.07) is 6.77. The number of amides is 1. The van der Waals surface area contributed by atoms with Gasteiger partial charge in [0.1, 0.15) is 0 Å². The number of benzene rings is 1. The maximum atomic E-state index is 12.2. The van der Waals surface area contributed by atoms with Gasteiger partial charge in [0.2, 0.25) is 0 Å². The predicted molar refractivity (Wildman–Crippen MR) is 75.4 cm³/mol. The molecule has 0 heterocycles. The van der Waals surface area contributed by atoms with Crippen LogP contribution in [0.15, 0.2) is 29.4 Å². The molecule has 1 amide bonds. The highest BCUT2D eigenvalue weighted by molar-refractivity contribution is 6.01. The first kappa shape index (κ1) is 15.0. The first-order chi connectivity index (χ1) is 8.99. The topological polar surface area (TPSA) is 78.9 Å². The van der Waals surface area contributed by atoms with Crippen LogP contribution in [0.2, 0.25) is 0 Å². The van der Waals surface area contributed by atoms with Gasteiger partial charge in [0, 0.05) is 24.7 Å². The van der Waals surface area contributed by atoms with Crippen molar-refractivity contribution in [1.29, 1.82) is 0 Å². The lowest BCUT2D eigenvalue weighted by molar-refractivity contribution is 0.0775. The molecule has 5 nitrogen and oxygen atoms in total. The van der Waals surface area contributed by atoms with Crippen LogP contribution in [0.4, 0.5) is 0 Å². The van der Waals surface area contributed by atoms with Crippen LogP contribution >= 0.6 is 0 Å². The highest BCUT2D eigenvalue weighted by Crippen LogP contribution is 2.10. The molecule has 1 aromatic rings. The van der Waals surface area contributed by atoms with E-state index in [4.69, 9.17) is 10.9 Å². The summed E-state index contributed by atoms with van der Waals surface area (Å²) in [7, 11) is 1.78. The molecule has 0 aliphatic carbocycles. The van der Waals surface area contributed by atoms with Gasteiger partial charge in [-0.05, 0) is 18.1 Å². The molecule has 1 atom stereocenters. The summed E-state index contributed by atoms with van der Waals surface area (Å²) in [5.41, 5.74) is 6.59. The number of oxime groups is 1. The van der Waals surface area contributed by atoms with Gasteiger partial charge < -0.3 is 15.8 Å². The van der Waals surface area contributed by atoms with E-state index in [-0.39, 0.29) is 11.7 Å². The van der Waals surface area contributed by atoms with Gasteiger partial charge in [0.25, 0.3) is 5.91 Å². The van der Waals surface area contributed by atoms with Gasteiger partial charge in [-0.25, -0.2) is 0 Å². The van der Waals surface area contributed by atoms with Gasteiger partial charge >= 0.3 is 0 Å². The molecule has 1 unspecified atom stereocenters. The Bertz CT molecular complexity index is 472. The third-order valence-electron chi connectivity index (χ3n) is 3.14. The average molecular weight is 263 g/mol. The molecule has 1 rings (SSSR count). The molecule has 0 aliphatic rings. The van der Waals surface area contributed by atoms with Crippen LogP contribution in [-0.4, -0.2) is 35.4 Å². The minimum Gasteiger partial charge on any atom is -0.409 e. The maximum Gasteiger partial charge on any atom is 0.253 e. The first-order valence-electron chi connectivity index (χ1n) is 6.33. The summed E-state index contributed by atoms with van der Waals surface area (Å²) in [5, 5.41) is 11.6. The number of carbonyl (C=O) groups is 1. The van der Waals surface area contributed by atoms with Gasteiger partial charge in [-0.3, -0.25) is 4.79 Å². The second-order valence-corrected chi connectivity index (χ2v) is 4.77. The van der Waals surface area contributed by atoms with Crippen LogP contribution in [0, 0.1) is 5.92 Å². The molecule has 0 aromatic heterocycles. The lowest BCUT2D eigenvalue weighted by Crippen LogP contribution is -2.31. The standard InChI is InChI=1S/C14H21N3O2/c1-4-10(2)9-17(3)14(18)12-7-5-6-11(8-12)13(15)16-19/h5-8,10,19H,4,9H2,1-3H3,(H2,15,16). The normalized spacial score (nSPS) is 13.1. The smallest absolute Gasteiger partial charge is 0.253 e. The average Bonchev–Trinajstić information content (AvgIpc) is 2.45. The first-order valence-corrected chi connectivity index (χ1v) is 6.33. The number of nitrogens with two attached hydrogens (primary N) is 1. The second-order valence-electron chi connectivity index (χ2n) is 4.77. The molecule has 3 N–H and O–H groups in total. The fraction of sp³-hybridized carbons (Fsp3) is 0.429. The van der Waals surface area contributed by atoms with Crippen LogP contribution in [0.1, 0.15) is 36.2 Å². The van der Waals surface area contributed by atoms with Gasteiger partial charge in [-0.15, -0.1) is 0 Å². The molecule has 5 heteroatoms. The third-order valence-corrected chi connectivity index (χ3v) is 3.14. The van der Waals surface area contributed by atoms with Crippen molar-refractivity contribution >= 4 is 11.7 Å². The number of hydrogen-bond donors (Lipinski definition) is 2. The van der Waals surface area contributed by atoms with E-state index < -0.39 is 0 Å². The number of hydrogen-bond acceptors (Lipinski definition) is 3. The Morgan fingerprint density at radius 2 is 2.11 bits per heavy atom. The van der Waals surface area contributed by atoms with E-state index in [0.29, 0.717) is 23.6 Å². The molecule has 0 spiro atoms. The summed E-state index contributed by atoms with van der Waals surface area (Å²) in [4.78, 5) is 13.9. The Balaban J connectivity index is 2.88. The van der Waals surface area contributed by atoms with Crippen molar-refractivity contribution in [1.82, 2.24) is 4.90 Å². The molecule has 0 aliphatic heterocycles. The van der Waals surface area contributed by atoms with Crippen molar-refractivity contribution in [2.45, 2.75) is 20.3 Å². The second kappa shape index (κ2) is 6.78. The van der Waals surface area contributed by atoms with Crippen LogP contribution in [-0.2, 0) is 0 Å². The van der Waals surface area contributed by atoms with Crippen LogP contribution in [0.3, 0.4) is 0 Å². The molecule has 0 fully saturated rings. The SMILES string of the molecule is CCC(C)CN(C)C(=O)c1cccc(/C(N)=N/O)c1. The van der Waals surface area contributed by atoms with Crippen LogP contribution in [0.25, 0.3) is 0 Å². The molecule has 1 aromatic carbocycles. The van der Waals surface area contributed by atoms with E-state index in [2.05, 4.69) is 19.0 Å². The van der Waals surface area contributed by atoms with Crippen molar-refractivity contribution < 1.29 is 10.0 Å². The molecule has 0 bridgehead atoms. The van der Waals surface area contributed by atoms with Crippen molar-refractivity contribution in [2.75, 3.05) is 13.6 Å². The minimum atomic E-state index is -0.0621. The van der Waals surface area contributed by atoms with E-state index >= 15 is 0 Å². The third kappa shape index (κ3) is 3.98. The fourth-order valence-corrected chi connectivity index (χ4v) is 1.77. The van der Waals surface area contributed by atoms with Crippen LogP contribution in [0.5, 0.6) is 0 Å². The monoisotopic (exact) mass is 263 g/mol. The Hall–Kier alpha value is -2.04. The zero-order valence-electron chi connectivity index (χ0n) is 11.6. The molecular weight excluding hydrogens is 242 g/mol. The summed E-state index contributed by atoms with van der Waals surface area (Å²) >= 11 is 0.